The van der Waals surface area contributed by atoms with Gasteiger partial charge in [-0.25, -0.2) is 0 Å². The molecule has 0 spiro atoms. The summed E-state index contributed by atoms with van der Waals surface area (Å²) in [5, 5.41) is 4.97. The predicted molar refractivity (Wildman–Crippen MR) is 205 cm³/mol. The Balaban J connectivity index is 0.000000144. The van der Waals surface area contributed by atoms with Crippen molar-refractivity contribution in [3.63, 3.8) is 0 Å². The van der Waals surface area contributed by atoms with Crippen LogP contribution in [0.15, 0.2) is 166 Å². The summed E-state index contributed by atoms with van der Waals surface area (Å²) < 4.78 is 4.60. The van der Waals surface area contributed by atoms with E-state index in [9.17, 15) is 0 Å². The van der Waals surface area contributed by atoms with Crippen LogP contribution in [0.5, 0.6) is 0 Å². The van der Waals surface area contributed by atoms with E-state index in [0.29, 0.717) is 0 Å². The molecule has 0 unspecified atom stereocenters. The Labute approximate surface area is 357 Å². The van der Waals surface area contributed by atoms with E-state index in [0.717, 1.165) is 43.4 Å². The first-order valence-electron chi connectivity index (χ1n) is 14.8. The summed E-state index contributed by atoms with van der Waals surface area (Å²) in [4.78, 5) is 13.1. The Morgan fingerprint density at radius 3 is 1.27 bits per heavy atom. The third-order valence-electron chi connectivity index (χ3n) is 7.66. The fourth-order valence-electron chi connectivity index (χ4n) is 5.52. The number of nitrogens with zero attached hydrogens (tertiary/aromatic N) is 4. The predicted octanol–water partition coefficient (Wildman–Crippen LogP) is 10.1. The van der Waals surface area contributed by atoms with Crippen LogP contribution in [-0.2, 0) is 77.2 Å². The van der Waals surface area contributed by atoms with Gasteiger partial charge in [0.15, 0.2) is 24.1 Å². The Bertz CT molecular complexity index is 2090. The van der Waals surface area contributed by atoms with Crippen LogP contribution in [0, 0.1) is 0 Å². The molecule has 2 aliphatic heterocycles. The first-order chi connectivity index (χ1) is 22.7. The van der Waals surface area contributed by atoms with Crippen molar-refractivity contribution in [1.29, 1.82) is 0 Å². The summed E-state index contributed by atoms with van der Waals surface area (Å²) in [6.45, 7) is 0. The topological polar surface area (TPSA) is 33.5 Å². The van der Waals surface area contributed by atoms with Gasteiger partial charge in [0.25, 0.3) is 0 Å². The van der Waals surface area contributed by atoms with Gasteiger partial charge >= 0.3 is 0 Å². The first kappa shape index (κ1) is 39.9. The molecule has 2 radical (unpaired) electrons. The van der Waals surface area contributed by atoms with Crippen LogP contribution in [0.4, 0.5) is 0 Å². The number of aromatic nitrogens is 4. The molecule has 10 rings (SSSR count). The molecule has 238 valence electrons. The van der Waals surface area contributed by atoms with E-state index in [1.165, 1.54) is 31.6 Å². The van der Waals surface area contributed by atoms with E-state index in [1.807, 2.05) is 84.2 Å². The van der Waals surface area contributed by atoms with Gasteiger partial charge in [-0.05, 0) is 84.2 Å². The standard InChI is InChI=1S/2C10H8NS.2C9H7NS.CH4.2Y/c2*1-3-8-4-2-6-11-7-12-9(5-1)10(8)11;2*11-8-5-1-3-7-4-2-6-10-9(7)8;;;/h2*1-6H,7H2;2*1-6,11H;1H4;;/q2*+1;;;;;. The minimum Gasteiger partial charge on any atom is -0.255 e. The second-order valence-electron chi connectivity index (χ2n) is 10.6. The quantitative estimate of drug-likeness (QED) is 0.118. The number of rotatable bonds is 0. The summed E-state index contributed by atoms with van der Waals surface area (Å²) in [6.07, 6.45) is 7.85. The van der Waals surface area contributed by atoms with Gasteiger partial charge in [0.05, 0.1) is 20.8 Å². The van der Waals surface area contributed by atoms with Gasteiger partial charge in [-0.1, -0.05) is 56.0 Å². The smallest absolute Gasteiger partial charge is 0.227 e. The number of benzene rings is 4. The largest absolute Gasteiger partial charge is 0.255 e. The number of fused-ring (bicyclic) bond motifs is 2. The molecule has 8 aromatic rings. The molecule has 0 bridgehead atoms. The maximum Gasteiger partial charge on any atom is 0.227 e. The molecule has 0 amide bonds. The SMILES string of the molecule is C.Sc1cccc2cccnc12.Sc1cccc2cccnc12.[Y].[Y].c1cc2c3c(c1)ccc[n+]3CS2.c1cc2c3c(c1)ccc[n+]3CS2. The molecular weight excluding hydrogens is 831 g/mol. The van der Waals surface area contributed by atoms with Crippen LogP contribution in [0.25, 0.3) is 43.6 Å². The summed E-state index contributed by atoms with van der Waals surface area (Å²) in [5.74, 6) is 2.13. The van der Waals surface area contributed by atoms with Crippen LogP contribution < -0.4 is 9.13 Å². The molecule has 0 saturated heterocycles. The maximum atomic E-state index is 4.29. The second kappa shape index (κ2) is 19.1. The van der Waals surface area contributed by atoms with Crippen molar-refractivity contribution >= 4 is 92.4 Å². The Morgan fingerprint density at radius 1 is 0.469 bits per heavy atom. The zero-order valence-electron chi connectivity index (χ0n) is 25.9. The van der Waals surface area contributed by atoms with E-state index in [1.54, 1.807) is 12.4 Å². The summed E-state index contributed by atoms with van der Waals surface area (Å²) in [5.41, 5.74) is 4.73. The molecule has 0 fully saturated rings. The van der Waals surface area contributed by atoms with Crippen LogP contribution in [0.2, 0.25) is 0 Å². The molecule has 10 heteroatoms. The molecule has 49 heavy (non-hydrogen) atoms. The Kier molecular flexibility index (Phi) is 15.6. The van der Waals surface area contributed by atoms with Gasteiger partial charge in [-0.3, -0.25) is 9.97 Å². The van der Waals surface area contributed by atoms with Crippen LogP contribution in [0.1, 0.15) is 7.43 Å². The van der Waals surface area contributed by atoms with Crippen molar-refractivity contribution in [2.24, 2.45) is 0 Å². The van der Waals surface area contributed by atoms with Crippen molar-refractivity contribution in [3.8, 4) is 0 Å². The van der Waals surface area contributed by atoms with Gasteiger partial charge < -0.3 is 0 Å². The van der Waals surface area contributed by atoms with Gasteiger partial charge in [-0.2, -0.15) is 9.13 Å². The van der Waals surface area contributed by atoms with Gasteiger partial charge in [0.2, 0.25) is 11.0 Å². The second-order valence-corrected chi connectivity index (χ2v) is 13.5. The van der Waals surface area contributed by atoms with Crippen molar-refractivity contribution in [2.75, 3.05) is 0 Å². The van der Waals surface area contributed by atoms with Gasteiger partial charge in [-0.15, -0.1) is 25.3 Å². The van der Waals surface area contributed by atoms with E-state index in [-0.39, 0.29) is 72.8 Å². The Hall–Kier alpha value is -1.87. The van der Waals surface area contributed by atoms with E-state index >= 15 is 0 Å². The molecule has 2 aliphatic rings. The molecular formula is C39H34N4S4Y2+2. The number of thiol groups is 2. The van der Waals surface area contributed by atoms with E-state index in [4.69, 9.17) is 0 Å². The van der Waals surface area contributed by atoms with E-state index < -0.39 is 0 Å². The van der Waals surface area contributed by atoms with Crippen molar-refractivity contribution in [2.45, 2.75) is 38.8 Å². The van der Waals surface area contributed by atoms with Gasteiger partial charge in [0.1, 0.15) is 0 Å². The van der Waals surface area contributed by atoms with Crippen LogP contribution in [0.3, 0.4) is 0 Å². The zero-order chi connectivity index (χ0) is 31.3. The number of thioether (sulfide) groups is 2. The van der Waals surface area contributed by atoms with Gasteiger partial charge in [0, 0.05) is 121 Å². The molecule has 0 atom stereocenters. The summed E-state index contributed by atoms with van der Waals surface area (Å²) in [6, 6.07) is 41.3. The minimum atomic E-state index is 0. The number of para-hydroxylation sites is 4. The average Bonchev–Trinajstić information content (AvgIpc) is 3.73. The molecule has 0 N–H and O–H groups in total. The monoisotopic (exact) mass is 864 g/mol. The molecule has 0 aliphatic carbocycles. The molecule has 4 aromatic heterocycles. The fraction of sp³-hybridized carbons (Fsp3) is 0.0769. The zero-order valence-corrected chi connectivity index (χ0v) is 35.0. The summed E-state index contributed by atoms with van der Waals surface area (Å²) >= 11 is 12.4. The van der Waals surface area contributed by atoms with E-state index in [2.05, 4.69) is 117 Å². The number of pyridine rings is 4. The van der Waals surface area contributed by atoms with Crippen molar-refractivity contribution in [1.82, 2.24) is 9.97 Å². The van der Waals surface area contributed by atoms with Crippen LogP contribution >= 0.6 is 48.8 Å². The third-order valence-corrected chi connectivity index (χ3v) is 10.5. The molecule has 4 nitrogen and oxygen atoms in total. The first-order valence-corrected chi connectivity index (χ1v) is 17.7. The average molecular weight is 865 g/mol. The molecule has 0 saturated carbocycles. The molecule has 4 aromatic carbocycles. The maximum absolute atomic E-state index is 4.29. The Morgan fingerprint density at radius 2 is 0.837 bits per heavy atom. The summed E-state index contributed by atoms with van der Waals surface area (Å²) in [7, 11) is 0. The van der Waals surface area contributed by atoms with Crippen LogP contribution in [-0.4, -0.2) is 9.97 Å². The number of hydrogen-bond donors (Lipinski definition) is 2. The minimum absolute atomic E-state index is 0. The molecule has 6 heterocycles. The fourth-order valence-corrected chi connectivity index (χ4v) is 8.14. The third kappa shape index (κ3) is 9.33. The van der Waals surface area contributed by atoms with Crippen molar-refractivity contribution in [3.05, 3.63) is 146 Å². The van der Waals surface area contributed by atoms with Crippen molar-refractivity contribution < 1.29 is 74.6 Å². The normalized spacial score (nSPS) is 11.5. The number of hydrogen-bond acceptors (Lipinski definition) is 6.